The zero-order valence-electron chi connectivity index (χ0n) is 15.7. The van der Waals surface area contributed by atoms with Crippen molar-refractivity contribution in [2.45, 2.75) is 0 Å². The number of hydrogen-bond donors (Lipinski definition) is 2. The summed E-state index contributed by atoms with van der Waals surface area (Å²) in [5.41, 5.74) is 8.78. The van der Waals surface area contributed by atoms with Gasteiger partial charge in [0, 0.05) is 16.7 Å². The molecule has 142 valence electrons. The maximum absolute atomic E-state index is 9.65. The second-order valence-corrected chi connectivity index (χ2v) is 5.86. The van der Waals surface area contributed by atoms with Crippen LogP contribution in [0.4, 0.5) is 5.82 Å². The average Bonchev–Trinajstić information content (AvgIpc) is 2.72. The minimum Gasteiger partial charge on any atom is -0.508 e. The van der Waals surface area contributed by atoms with E-state index in [1.54, 1.807) is 42.5 Å². The van der Waals surface area contributed by atoms with Crippen molar-refractivity contribution in [3.8, 4) is 51.5 Å². The van der Waals surface area contributed by atoms with Crippen molar-refractivity contribution >= 4 is 5.82 Å². The number of nitrogen functional groups attached to an aromatic ring is 1. The molecule has 0 radical (unpaired) electrons. The number of rotatable bonds is 5. The van der Waals surface area contributed by atoms with Crippen LogP contribution in [-0.2, 0) is 0 Å². The van der Waals surface area contributed by atoms with E-state index < -0.39 is 0 Å². The summed E-state index contributed by atoms with van der Waals surface area (Å²) in [6.07, 6.45) is 0. The molecule has 0 saturated heterocycles. The van der Waals surface area contributed by atoms with Gasteiger partial charge in [-0.1, -0.05) is 0 Å². The molecular weight excluding hydrogens is 358 g/mol. The van der Waals surface area contributed by atoms with Crippen molar-refractivity contribution in [1.29, 1.82) is 5.26 Å². The van der Waals surface area contributed by atoms with Crippen LogP contribution in [0.3, 0.4) is 0 Å². The number of anilines is 1. The predicted molar refractivity (Wildman–Crippen MR) is 106 cm³/mol. The van der Waals surface area contributed by atoms with Gasteiger partial charge in [-0.15, -0.1) is 0 Å². The van der Waals surface area contributed by atoms with Crippen LogP contribution < -0.4 is 19.9 Å². The van der Waals surface area contributed by atoms with Crippen LogP contribution in [-0.4, -0.2) is 31.4 Å². The quantitative estimate of drug-likeness (QED) is 0.699. The van der Waals surface area contributed by atoms with E-state index in [9.17, 15) is 10.4 Å². The van der Waals surface area contributed by atoms with Crippen LogP contribution in [0.1, 0.15) is 5.56 Å². The highest BCUT2D eigenvalue weighted by Gasteiger charge is 2.21. The first-order valence-corrected chi connectivity index (χ1v) is 8.33. The number of aromatic hydroxyl groups is 1. The Kier molecular flexibility index (Phi) is 5.23. The van der Waals surface area contributed by atoms with Gasteiger partial charge in [-0.3, -0.25) is 0 Å². The van der Waals surface area contributed by atoms with Crippen LogP contribution in [0.2, 0.25) is 0 Å². The monoisotopic (exact) mass is 377 g/mol. The fourth-order valence-corrected chi connectivity index (χ4v) is 2.99. The van der Waals surface area contributed by atoms with Gasteiger partial charge < -0.3 is 25.1 Å². The number of nitrogens with two attached hydrogens (primary N) is 1. The minimum atomic E-state index is 0.0971. The lowest BCUT2D eigenvalue weighted by molar-refractivity contribution is 0.325. The van der Waals surface area contributed by atoms with Gasteiger partial charge in [0.2, 0.25) is 5.75 Å². The average molecular weight is 377 g/mol. The second kappa shape index (κ2) is 7.76. The van der Waals surface area contributed by atoms with Crippen LogP contribution in [0, 0.1) is 11.3 Å². The lowest BCUT2D eigenvalue weighted by Crippen LogP contribution is -2.02. The lowest BCUT2D eigenvalue weighted by atomic mass is 9.97. The van der Waals surface area contributed by atoms with Gasteiger partial charge >= 0.3 is 0 Å². The first kappa shape index (κ1) is 18.9. The Hall–Kier alpha value is -3.92. The number of nitrogens with zero attached hydrogens (tertiary/aromatic N) is 2. The molecule has 0 aliphatic rings. The third-order valence-electron chi connectivity index (χ3n) is 4.32. The summed E-state index contributed by atoms with van der Waals surface area (Å²) in [5, 5.41) is 19.2. The second-order valence-electron chi connectivity index (χ2n) is 5.86. The van der Waals surface area contributed by atoms with E-state index in [1.165, 1.54) is 21.3 Å². The van der Waals surface area contributed by atoms with Gasteiger partial charge in [-0.05, 0) is 42.5 Å². The fraction of sp³-hybridized carbons (Fsp3) is 0.143. The van der Waals surface area contributed by atoms with Gasteiger partial charge in [-0.25, -0.2) is 4.98 Å². The van der Waals surface area contributed by atoms with Gasteiger partial charge in [0.1, 0.15) is 23.2 Å². The summed E-state index contributed by atoms with van der Waals surface area (Å²) in [5.74, 6) is 1.57. The minimum absolute atomic E-state index is 0.0971. The molecule has 0 unspecified atom stereocenters. The van der Waals surface area contributed by atoms with E-state index in [2.05, 4.69) is 11.1 Å². The number of hydrogen-bond acceptors (Lipinski definition) is 7. The molecule has 0 atom stereocenters. The summed E-state index contributed by atoms with van der Waals surface area (Å²) >= 11 is 0. The molecular formula is C21H19N3O4. The van der Waals surface area contributed by atoms with Crippen molar-refractivity contribution in [3.05, 3.63) is 48.0 Å². The third-order valence-corrected chi connectivity index (χ3v) is 4.32. The molecule has 3 rings (SSSR count). The molecule has 0 aliphatic heterocycles. The molecule has 1 heterocycles. The number of pyridine rings is 1. The van der Waals surface area contributed by atoms with E-state index in [1.807, 2.05) is 0 Å². The van der Waals surface area contributed by atoms with E-state index in [0.29, 0.717) is 34.1 Å². The summed E-state index contributed by atoms with van der Waals surface area (Å²) < 4.78 is 16.3. The highest BCUT2D eigenvalue weighted by molar-refractivity contribution is 5.85. The van der Waals surface area contributed by atoms with Gasteiger partial charge in [0.15, 0.2) is 11.5 Å². The van der Waals surface area contributed by atoms with Gasteiger partial charge in [0.05, 0.1) is 27.0 Å². The Morgan fingerprint density at radius 3 is 2.18 bits per heavy atom. The zero-order valence-corrected chi connectivity index (χ0v) is 15.7. The highest BCUT2D eigenvalue weighted by Crippen LogP contribution is 2.46. The molecule has 28 heavy (non-hydrogen) atoms. The molecule has 0 aliphatic carbocycles. The smallest absolute Gasteiger partial charge is 0.203 e. The Balaban J connectivity index is 2.30. The third kappa shape index (κ3) is 3.23. The van der Waals surface area contributed by atoms with Crippen molar-refractivity contribution in [2.75, 3.05) is 27.1 Å². The van der Waals surface area contributed by atoms with E-state index in [4.69, 9.17) is 19.9 Å². The van der Waals surface area contributed by atoms with Crippen LogP contribution >= 0.6 is 0 Å². The number of aromatic nitrogens is 1. The maximum atomic E-state index is 9.65. The Labute approximate surface area is 162 Å². The SMILES string of the molecule is COc1ccc(-c2cc(-c3ccc(O)cc3)nc(N)c2C#N)c(OC)c1OC. The molecule has 0 spiro atoms. The molecule has 1 aromatic heterocycles. The van der Waals surface area contributed by atoms with Crippen molar-refractivity contribution in [1.82, 2.24) is 4.98 Å². The zero-order chi connectivity index (χ0) is 20.3. The van der Waals surface area contributed by atoms with Crippen LogP contribution in [0.15, 0.2) is 42.5 Å². The van der Waals surface area contributed by atoms with E-state index >= 15 is 0 Å². The molecule has 2 aromatic carbocycles. The normalized spacial score (nSPS) is 10.2. The van der Waals surface area contributed by atoms with Crippen LogP contribution in [0.25, 0.3) is 22.4 Å². The molecule has 0 bridgehead atoms. The Morgan fingerprint density at radius 2 is 1.61 bits per heavy atom. The Bertz CT molecular complexity index is 1060. The first-order valence-electron chi connectivity index (χ1n) is 8.33. The van der Waals surface area contributed by atoms with Crippen molar-refractivity contribution in [2.24, 2.45) is 0 Å². The molecule has 0 fully saturated rings. The molecule has 7 heteroatoms. The number of nitriles is 1. The number of methoxy groups -OCH3 is 3. The fourth-order valence-electron chi connectivity index (χ4n) is 2.99. The molecule has 3 N–H and O–H groups in total. The number of ether oxygens (including phenoxy) is 3. The van der Waals surface area contributed by atoms with Gasteiger partial charge in [0.25, 0.3) is 0 Å². The number of benzene rings is 2. The predicted octanol–water partition coefficient (Wildman–Crippen LogP) is 3.60. The van der Waals surface area contributed by atoms with E-state index in [0.717, 1.165) is 5.56 Å². The molecule has 0 amide bonds. The van der Waals surface area contributed by atoms with Crippen molar-refractivity contribution < 1.29 is 19.3 Å². The molecule has 3 aromatic rings. The number of phenolic OH excluding ortho intramolecular Hbond substituents is 1. The van der Waals surface area contributed by atoms with Crippen LogP contribution in [0.5, 0.6) is 23.0 Å². The highest BCUT2D eigenvalue weighted by atomic mass is 16.5. The topological polar surface area (TPSA) is 111 Å². The molecule has 7 nitrogen and oxygen atoms in total. The number of phenols is 1. The largest absolute Gasteiger partial charge is 0.508 e. The summed E-state index contributed by atoms with van der Waals surface area (Å²) in [6.45, 7) is 0. The van der Waals surface area contributed by atoms with E-state index in [-0.39, 0.29) is 17.1 Å². The standard InChI is InChI=1S/C21H19N3O4/c1-26-18-9-8-14(19(27-2)20(18)28-3)15-10-17(24-21(23)16(15)11-22)12-4-6-13(25)7-5-12/h4-10,25H,1-3H3,(H2,23,24). The van der Waals surface area contributed by atoms with Crippen molar-refractivity contribution in [3.63, 3.8) is 0 Å². The Morgan fingerprint density at radius 1 is 0.929 bits per heavy atom. The molecule has 0 saturated carbocycles. The van der Waals surface area contributed by atoms with Gasteiger partial charge in [-0.2, -0.15) is 5.26 Å². The summed E-state index contributed by atoms with van der Waals surface area (Å²) in [6, 6.07) is 13.9. The maximum Gasteiger partial charge on any atom is 0.203 e. The lowest BCUT2D eigenvalue weighted by Gasteiger charge is -2.17. The summed E-state index contributed by atoms with van der Waals surface area (Å²) in [7, 11) is 4.56. The first-order chi connectivity index (χ1) is 13.5. The summed E-state index contributed by atoms with van der Waals surface area (Å²) in [4.78, 5) is 4.34.